The number of rotatable bonds is 10. The van der Waals surface area contributed by atoms with Crippen molar-refractivity contribution in [1.82, 2.24) is 20.4 Å². The number of likely N-dealkylation sites (tertiary alicyclic amines) is 1. The molecular formula is C25H28F2N4O2S. The molecule has 1 atom stereocenters. The Hall–Kier alpha value is -2.78. The normalized spacial score (nSPS) is 16.5. The first-order valence-electron chi connectivity index (χ1n) is 11.5. The highest BCUT2D eigenvalue weighted by atomic mass is 32.2. The molecule has 1 N–H and O–H groups in total. The second-order valence-electron chi connectivity index (χ2n) is 8.38. The largest absolute Gasteiger partial charge is 0.356 e. The number of benzene rings is 2. The summed E-state index contributed by atoms with van der Waals surface area (Å²) in [5.74, 6) is 1.92. The maximum absolute atomic E-state index is 13.6. The minimum atomic E-state index is -0.313. The zero-order chi connectivity index (χ0) is 23.8. The number of nitrogens with zero attached hydrogens (tertiary/aromatic N) is 3. The summed E-state index contributed by atoms with van der Waals surface area (Å²) < 4.78 is 32.1. The molecule has 1 aromatic heterocycles. The van der Waals surface area contributed by atoms with Crippen molar-refractivity contribution in [3.63, 3.8) is 0 Å². The lowest BCUT2D eigenvalue weighted by molar-refractivity contribution is -0.126. The van der Waals surface area contributed by atoms with Gasteiger partial charge in [0.2, 0.25) is 17.6 Å². The molecule has 180 valence electrons. The Balaban J connectivity index is 1.17. The van der Waals surface area contributed by atoms with Gasteiger partial charge in [0, 0.05) is 24.4 Å². The fourth-order valence-corrected chi connectivity index (χ4v) is 4.91. The van der Waals surface area contributed by atoms with Gasteiger partial charge >= 0.3 is 0 Å². The molecular weight excluding hydrogens is 458 g/mol. The highest BCUT2D eigenvalue weighted by molar-refractivity contribution is 7.98. The molecule has 0 saturated carbocycles. The number of amides is 1. The van der Waals surface area contributed by atoms with Crippen LogP contribution in [0.1, 0.15) is 30.7 Å². The lowest BCUT2D eigenvalue weighted by atomic mass is 9.97. The summed E-state index contributed by atoms with van der Waals surface area (Å²) in [5.41, 5.74) is 1.41. The predicted molar refractivity (Wildman–Crippen MR) is 128 cm³/mol. The van der Waals surface area contributed by atoms with Gasteiger partial charge in [-0.15, -0.1) is 0 Å². The Morgan fingerprint density at radius 2 is 2.00 bits per heavy atom. The van der Waals surface area contributed by atoms with Crippen LogP contribution in [0.25, 0.3) is 11.4 Å². The Bertz CT molecular complexity index is 1080. The van der Waals surface area contributed by atoms with Gasteiger partial charge in [-0.2, -0.15) is 16.7 Å². The van der Waals surface area contributed by atoms with E-state index in [0.717, 1.165) is 31.6 Å². The molecule has 1 aliphatic heterocycles. The van der Waals surface area contributed by atoms with Gasteiger partial charge in [-0.25, -0.2) is 8.78 Å². The van der Waals surface area contributed by atoms with E-state index in [-0.39, 0.29) is 23.5 Å². The van der Waals surface area contributed by atoms with Crippen molar-refractivity contribution in [2.45, 2.75) is 31.6 Å². The molecule has 0 spiro atoms. The van der Waals surface area contributed by atoms with E-state index >= 15 is 0 Å². The SMILES string of the molecule is O=C(NCCCSCc1ccccc1F)C1CCCN(Cc2nc(-c3ccc(F)cc3)no2)C1. The third-order valence-corrected chi connectivity index (χ3v) is 6.88. The monoisotopic (exact) mass is 486 g/mol. The van der Waals surface area contributed by atoms with Gasteiger partial charge in [-0.05, 0) is 67.5 Å². The molecule has 0 radical (unpaired) electrons. The topological polar surface area (TPSA) is 71.3 Å². The Kier molecular flexibility index (Phi) is 8.65. The number of hydrogen-bond acceptors (Lipinski definition) is 6. The highest BCUT2D eigenvalue weighted by Gasteiger charge is 2.26. The molecule has 34 heavy (non-hydrogen) atoms. The quantitative estimate of drug-likeness (QED) is 0.420. The van der Waals surface area contributed by atoms with E-state index in [9.17, 15) is 13.6 Å². The van der Waals surface area contributed by atoms with Crippen LogP contribution in [0.4, 0.5) is 8.78 Å². The number of carbonyl (C=O) groups is 1. The fraction of sp³-hybridized carbons (Fsp3) is 0.400. The van der Waals surface area contributed by atoms with E-state index < -0.39 is 0 Å². The van der Waals surface area contributed by atoms with Crippen molar-refractivity contribution in [1.29, 1.82) is 0 Å². The van der Waals surface area contributed by atoms with Gasteiger partial charge in [0.1, 0.15) is 11.6 Å². The van der Waals surface area contributed by atoms with Crippen molar-refractivity contribution in [2.24, 2.45) is 5.92 Å². The molecule has 1 fully saturated rings. The van der Waals surface area contributed by atoms with E-state index in [4.69, 9.17) is 4.52 Å². The number of halogens is 2. The standard InChI is InChI=1S/C25H28F2N4O2S/c26-21-10-8-18(9-11-21)24-29-23(33-30-24)16-31-13-3-6-19(15-31)25(32)28-12-4-14-34-17-20-5-1-2-7-22(20)27/h1-2,5,7-11,19H,3-4,6,12-17H2,(H,28,32). The summed E-state index contributed by atoms with van der Waals surface area (Å²) in [7, 11) is 0. The Morgan fingerprint density at radius 3 is 2.82 bits per heavy atom. The Morgan fingerprint density at radius 1 is 1.18 bits per heavy atom. The maximum Gasteiger partial charge on any atom is 0.241 e. The molecule has 1 aliphatic rings. The van der Waals surface area contributed by atoms with E-state index in [2.05, 4.69) is 20.4 Å². The lowest BCUT2D eigenvalue weighted by Crippen LogP contribution is -2.43. The van der Waals surface area contributed by atoms with Crippen molar-refractivity contribution in [2.75, 3.05) is 25.4 Å². The van der Waals surface area contributed by atoms with Gasteiger partial charge in [-0.3, -0.25) is 9.69 Å². The number of thioether (sulfide) groups is 1. The van der Waals surface area contributed by atoms with Crippen molar-refractivity contribution in [3.8, 4) is 11.4 Å². The average molecular weight is 487 g/mol. The second kappa shape index (κ2) is 12.1. The van der Waals surface area contributed by atoms with E-state index in [1.807, 2.05) is 6.07 Å². The van der Waals surface area contributed by atoms with Crippen molar-refractivity contribution in [3.05, 3.63) is 71.6 Å². The first-order valence-corrected chi connectivity index (χ1v) is 12.6. The van der Waals surface area contributed by atoms with Gasteiger partial charge in [-0.1, -0.05) is 23.4 Å². The molecule has 6 nitrogen and oxygen atoms in total. The first-order chi connectivity index (χ1) is 16.6. The van der Waals surface area contributed by atoms with Crippen LogP contribution in [0, 0.1) is 17.6 Å². The average Bonchev–Trinajstić information content (AvgIpc) is 3.31. The Labute approximate surface area is 202 Å². The lowest BCUT2D eigenvalue weighted by Gasteiger charge is -2.30. The molecule has 3 aromatic rings. The van der Waals surface area contributed by atoms with Gasteiger partial charge in [0.15, 0.2) is 0 Å². The molecule has 0 bridgehead atoms. The number of piperidine rings is 1. The fourth-order valence-electron chi connectivity index (χ4n) is 3.97. The van der Waals surface area contributed by atoms with Crippen LogP contribution in [0.15, 0.2) is 53.1 Å². The van der Waals surface area contributed by atoms with E-state index in [1.54, 1.807) is 36.0 Å². The zero-order valence-corrected chi connectivity index (χ0v) is 19.7. The molecule has 4 rings (SSSR count). The number of aromatic nitrogens is 2. The zero-order valence-electron chi connectivity index (χ0n) is 18.9. The predicted octanol–water partition coefficient (Wildman–Crippen LogP) is 4.67. The third-order valence-electron chi connectivity index (χ3n) is 5.79. The summed E-state index contributed by atoms with van der Waals surface area (Å²) in [4.78, 5) is 19.2. The van der Waals surface area contributed by atoms with Crippen LogP contribution < -0.4 is 5.32 Å². The molecule has 1 saturated heterocycles. The van der Waals surface area contributed by atoms with E-state index in [1.165, 1.54) is 18.2 Å². The molecule has 2 aromatic carbocycles. The molecule has 0 aliphatic carbocycles. The molecule has 9 heteroatoms. The smallest absolute Gasteiger partial charge is 0.241 e. The highest BCUT2D eigenvalue weighted by Crippen LogP contribution is 2.21. The van der Waals surface area contributed by atoms with E-state index in [0.29, 0.717) is 48.2 Å². The van der Waals surface area contributed by atoms with Crippen LogP contribution in [-0.2, 0) is 17.1 Å². The van der Waals surface area contributed by atoms with Crippen LogP contribution in [0.2, 0.25) is 0 Å². The van der Waals surface area contributed by atoms with Gasteiger partial charge in [0.05, 0.1) is 12.5 Å². The first kappa shape index (κ1) is 24.3. The number of nitrogens with one attached hydrogen (secondary N) is 1. The van der Waals surface area contributed by atoms with Crippen molar-refractivity contribution < 1.29 is 18.1 Å². The molecule has 1 amide bonds. The van der Waals surface area contributed by atoms with Gasteiger partial charge in [0.25, 0.3) is 0 Å². The minimum Gasteiger partial charge on any atom is -0.356 e. The number of hydrogen-bond donors (Lipinski definition) is 1. The van der Waals surface area contributed by atoms with Crippen LogP contribution >= 0.6 is 11.8 Å². The second-order valence-corrected chi connectivity index (χ2v) is 9.49. The van der Waals surface area contributed by atoms with Crippen molar-refractivity contribution >= 4 is 17.7 Å². The summed E-state index contributed by atoms with van der Waals surface area (Å²) in [6, 6.07) is 12.8. The minimum absolute atomic E-state index is 0.0701. The maximum atomic E-state index is 13.6. The molecule has 1 unspecified atom stereocenters. The summed E-state index contributed by atoms with van der Waals surface area (Å²) >= 11 is 1.67. The summed E-state index contributed by atoms with van der Waals surface area (Å²) in [6.45, 7) is 2.60. The summed E-state index contributed by atoms with van der Waals surface area (Å²) in [6.07, 6.45) is 2.63. The number of carbonyl (C=O) groups excluding carboxylic acids is 1. The summed E-state index contributed by atoms with van der Waals surface area (Å²) in [5, 5.41) is 7.03. The van der Waals surface area contributed by atoms with Crippen LogP contribution in [0.5, 0.6) is 0 Å². The van der Waals surface area contributed by atoms with Gasteiger partial charge < -0.3 is 9.84 Å². The van der Waals surface area contributed by atoms with Crippen LogP contribution in [0.3, 0.4) is 0 Å². The van der Waals surface area contributed by atoms with Crippen LogP contribution in [-0.4, -0.2) is 46.3 Å². The third kappa shape index (κ3) is 6.87. The molecule has 2 heterocycles.